The Labute approximate surface area is 222 Å². The Morgan fingerprint density at radius 2 is 1.87 bits per heavy atom. The molecule has 0 radical (unpaired) electrons. The van der Waals surface area contributed by atoms with Crippen molar-refractivity contribution >= 4 is 28.4 Å². The number of nitrogens with one attached hydrogen (secondary N) is 1. The number of likely N-dealkylation sites (tertiary alicyclic amines) is 1. The smallest absolute Gasteiger partial charge is 0.383 e. The zero-order valence-corrected chi connectivity index (χ0v) is 21.3. The number of rotatable bonds is 3. The molecule has 200 valence electrons. The molecule has 0 saturated carbocycles. The van der Waals surface area contributed by atoms with Crippen LogP contribution in [0, 0.1) is 18.8 Å². The number of alkyl halides is 3. The topological polar surface area (TPSA) is 115 Å². The van der Waals surface area contributed by atoms with Crippen LogP contribution in [0.2, 0.25) is 0 Å². The van der Waals surface area contributed by atoms with Gasteiger partial charge in [0.05, 0.1) is 11.4 Å². The molecule has 1 aromatic carbocycles. The summed E-state index contributed by atoms with van der Waals surface area (Å²) in [6, 6.07) is 7.17. The van der Waals surface area contributed by atoms with Gasteiger partial charge in [0, 0.05) is 23.0 Å². The van der Waals surface area contributed by atoms with Gasteiger partial charge >= 0.3 is 6.18 Å². The van der Waals surface area contributed by atoms with E-state index in [9.17, 15) is 18.0 Å². The van der Waals surface area contributed by atoms with Gasteiger partial charge in [-0.1, -0.05) is 12.0 Å². The maximum atomic E-state index is 13.0. The first-order valence-corrected chi connectivity index (χ1v) is 12.2. The SMILES string of the molecule is Cc1ccc(NC(=O)c2ccnc(C(F)(F)F)c2)cc1C#Cc1nn(C2CCN(C)CC2)c2ncnc(N)c12. The van der Waals surface area contributed by atoms with Gasteiger partial charge in [-0.15, -0.1) is 0 Å². The van der Waals surface area contributed by atoms with Gasteiger partial charge in [-0.05, 0) is 75.7 Å². The van der Waals surface area contributed by atoms with Crippen LogP contribution in [0.25, 0.3) is 11.0 Å². The lowest BCUT2D eigenvalue weighted by Crippen LogP contribution is -2.32. The van der Waals surface area contributed by atoms with Gasteiger partial charge in [-0.25, -0.2) is 14.6 Å². The quantitative estimate of drug-likeness (QED) is 0.381. The molecule has 3 aromatic heterocycles. The number of aryl methyl sites for hydroxylation is 1. The van der Waals surface area contributed by atoms with E-state index in [-0.39, 0.29) is 17.4 Å². The summed E-state index contributed by atoms with van der Waals surface area (Å²) >= 11 is 0. The summed E-state index contributed by atoms with van der Waals surface area (Å²) in [4.78, 5) is 26.8. The van der Waals surface area contributed by atoms with Crippen LogP contribution in [-0.4, -0.2) is 55.7 Å². The molecule has 9 nitrogen and oxygen atoms in total. The Bertz CT molecular complexity index is 1610. The molecule has 12 heteroatoms. The van der Waals surface area contributed by atoms with Crippen molar-refractivity contribution in [1.29, 1.82) is 0 Å². The van der Waals surface area contributed by atoms with E-state index in [1.165, 1.54) is 12.4 Å². The number of halogens is 3. The standard InChI is InChI=1S/C27H25F3N8O/c1-16-3-5-19(35-26(39)18-7-10-32-22(14-18)27(28,29)30)13-17(16)4-6-21-23-24(31)33-15-34-25(23)38(36-21)20-8-11-37(2)12-9-20/h3,5,7,10,13-15,20H,8-9,11-12H2,1-2H3,(H,35,39)(H2,31,33,34). The Balaban J connectivity index is 1.44. The van der Waals surface area contributed by atoms with Crippen LogP contribution in [0.3, 0.4) is 0 Å². The van der Waals surface area contributed by atoms with Crippen molar-refractivity contribution in [2.45, 2.75) is 32.0 Å². The van der Waals surface area contributed by atoms with Crippen molar-refractivity contribution in [3.8, 4) is 11.8 Å². The number of nitrogen functional groups attached to an aromatic ring is 1. The number of nitrogens with two attached hydrogens (primary N) is 1. The molecular formula is C27H25F3N8O. The Morgan fingerprint density at radius 3 is 2.62 bits per heavy atom. The van der Waals surface area contributed by atoms with Gasteiger partial charge in [-0.2, -0.15) is 18.3 Å². The van der Waals surface area contributed by atoms with Crippen LogP contribution >= 0.6 is 0 Å². The molecule has 4 heterocycles. The highest BCUT2D eigenvalue weighted by atomic mass is 19.4. The maximum Gasteiger partial charge on any atom is 0.433 e. The molecule has 1 aliphatic heterocycles. The van der Waals surface area contributed by atoms with Crippen LogP contribution in [0.5, 0.6) is 0 Å². The fourth-order valence-corrected chi connectivity index (χ4v) is 4.47. The molecule has 0 atom stereocenters. The molecule has 1 aliphatic rings. The monoisotopic (exact) mass is 534 g/mol. The number of fused-ring (bicyclic) bond motifs is 1. The van der Waals surface area contributed by atoms with Crippen LogP contribution in [0.4, 0.5) is 24.7 Å². The largest absolute Gasteiger partial charge is 0.433 e. The number of amides is 1. The van der Waals surface area contributed by atoms with Crippen molar-refractivity contribution in [2.24, 2.45) is 0 Å². The van der Waals surface area contributed by atoms with Gasteiger partial charge in [0.1, 0.15) is 23.5 Å². The summed E-state index contributed by atoms with van der Waals surface area (Å²) in [6.07, 6.45) is -0.436. The minimum Gasteiger partial charge on any atom is -0.383 e. The lowest BCUT2D eigenvalue weighted by Gasteiger charge is -2.29. The second kappa shape index (κ2) is 10.3. The van der Waals surface area contributed by atoms with E-state index in [2.05, 4.69) is 44.1 Å². The van der Waals surface area contributed by atoms with E-state index in [4.69, 9.17) is 10.8 Å². The third-order valence-electron chi connectivity index (χ3n) is 6.68. The van der Waals surface area contributed by atoms with Gasteiger partial charge in [-0.3, -0.25) is 9.78 Å². The molecular weight excluding hydrogens is 509 g/mol. The molecule has 0 spiro atoms. The van der Waals surface area contributed by atoms with Crippen LogP contribution in [0.15, 0.2) is 42.9 Å². The zero-order valence-electron chi connectivity index (χ0n) is 21.3. The number of carbonyl (C=O) groups is 1. The second-order valence-corrected chi connectivity index (χ2v) is 9.45. The minimum absolute atomic E-state index is 0.160. The fraction of sp³-hybridized carbons (Fsp3) is 0.296. The van der Waals surface area contributed by atoms with Gasteiger partial charge in [0.25, 0.3) is 5.91 Å². The molecule has 1 saturated heterocycles. The number of benzene rings is 1. The minimum atomic E-state index is -4.65. The van der Waals surface area contributed by atoms with Crippen molar-refractivity contribution in [1.82, 2.24) is 29.6 Å². The van der Waals surface area contributed by atoms with E-state index in [0.29, 0.717) is 34.0 Å². The number of carbonyl (C=O) groups excluding carboxylic acids is 1. The highest BCUT2D eigenvalue weighted by Gasteiger charge is 2.33. The number of anilines is 2. The molecule has 39 heavy (non-hydrogen) atoms. The highest BCUT2D eigenvalue weighted by molar-refractivity contribution is 6.04. The molecule has 0 unspecified atom stereocenters. The normalized spacial score (nSPS) is 14.7. The molecule has 0 bridgehead atoms. The number of aromatic nitrogens is 5. The van der Waals surface area contributed by atoms with E-state index >= 15 is 0 Å². The average Bonchev–Trinajstić information content (AvgIpc) is 3.29. The number of hydrogen-bond donors (Lipinski definition) is 2. The third-order valence-corrected chi connectivity index (χ3v) is 6.68. The number of piperidine rings is 1. The number of pyridine rings is 1. The van der Waals surface area contributed by atoms with Crippen LogP contribution in [0.1, 0.15) is 51.8 Å². The fourth-order valence-electron chi connectivity index (χ4n) is 4.47. The lowest BCUT2D eigenvalue weighted by atomic mass is 10.1. The predicted octanol–water partition coefficient (Wildman–Crippen LogP) is 4.05. The van der Waals surface area contributed by atoms with E-state index in [1.54, 1.807) is 18.2 Å². The third kappa shape index (κ3) is 5.53. The van der Waals surface area contributed by atoms with Crippen molar-refractivity contribution in [3.63, 3.8) is 0 Å². The molecule has 5 rings (SSSR count). The maximum absolute atomic E-state index is 13.0. The summed E-state index contributed by atoms with van der Waals surface area (Å²) in [5, 5.41) is 7.97. The first kappa shape index (κ1) is 26.1. The Kier molecular flexibility index (Phi) is 6.93. The van der Waals surface area contributed by atoms with Crippen molar-refractivity contribution in [3.05, 3.63) is 70.9 Å². The summed E-state index contributed by atoms with van der Waals surface area (Å²) < 4.78 is 40.9. The van der Waals surface area contributed by atoms with Gasteiger partial charge < -0.3 is 16.0 Å². The molecule has 0 aliphatic carbocycles. The zero-order chi connectivity index (χ0) is 27.7. The Morgan fingerprint density at radius 1 is 1.10 bits per heavy atom. The van der Waals surface area contributed by atoms with E-state index in [1.807, 2.05) is 11.6 Å². The number of nitrogens with zero attached hydrogens (tertiary/aromatic N) is 6. The summed E-state index contributed by atoms with van der Waals surface area (Å²) in [5.41, 5.74) is 7.80. The first-order chi connectivity index (χ1) is 18.6. The highest BCUT2D eigenvalue weighted by Crippen LogP contribution is 2.29. The lowest BCUT2D eigenvalue weighted by molar-refractivity contribution is -0.141. The predicted molar refractivity (Wildman–Crippen MR) is 140 cm³/mol. The van der Waals surface area contributed by atoms with E-state index < -0.39 is 17.8 Å². The van der Waals surface area contributed by atoms with Crippen LogP contribution < -0.4 is 11.1 Å². The second-order valence-electron chi connectivity index (χ2n) is 9.45. The molecule has 3 N–H and O–H groups in total. The summed E-state index contributed by atoms with van der Waals surface area (Å²) in [7, 11) is 2.09. The molecule has 1 fully saturated rings. The van der Waals surface area contributed by atoms with Crippen molar-refractivity contribution in [2.75, 3.05) is 31.2 Å². The van der Waals surface area contributed by atoms with Gasteiger partial charge in [0.2, 0.25) is 0 Å². The number of hydrogen-bond acceptors (Lipinski definition) is 7. The first-order valence-electron chi connectivity index (χ1n) is 12.2. The summed E-state index contributed by atoms with van der Waals surface area (Å²) in [6.45, 7) is 3.76. The van der Waals surface area contributed by atoms with Crippen LogP contribution in [-0.2, 0) is 6.18 Å². The Hall–Kier alpha value is -4.50. The summed E-state index contributed by atoms with van der Waals surface area (Å²) in [5.74, 6) is 5.78. The average molecular weight is 535 g/mol. The van der Waals surface area contributed by atoms with Crippen molar-refractivity contribution < 1.29 is 18.0 Å². The molecule has 1 amide bonds. The molecule has 4 aromatic rings. The van der Waals surface area contributed by atoms with E-state index in [0.717, 1.165) is 37.7 Å². The van der Waals surface area contributed by atoms with Gasteiger partial charge in [0.15, 0.2) is 5.65 Å².